The van der Waals surface area contributed by atoms with Gasteiger partial charge in [0.15, 0.2) is 0 Å². The van der Waals surface area contributed by atoms with E-state index in [0.717, 1.165) is 12.2 Å². The van der Waals surface area contributed by atoms with Gasteiger partial charge in [0.2, 0.25) is 5.91 Å². The monoisotopic (exact) mass is 335 g/mol. The van der Waals surface area contributed by atoms with Gasteiger partial charge in [0, 0.05) is 30.2 Å². The van der Waals surface area contributed by atoms with Gasteiger partial charge >= 0.3 is 5.97 Å². The van der Waals surface area contributed by atoms with Crippen LogP contribution >= 0.6 is 11.8 Å². The molecule has 126 valence electrons. The molecule has 0 bridgehead atoms. The van der Waals surface area contributed by atoms with Gasteiger partial charge < -0.3 is 10.0 Å². The third-order valence-electron chi connectivity index (χ3n) is 4.63. The van der Waals surface area contributed by atoms with Crippen molar-refractivity contribution in [1.29, 1.82) is 0 Å². The summed E-state index contributed by atoms with van der Waals surface area (Å²) in [7, 11) is 0. The molecule has 1 aliphatic heterocycles. The fourth-order valence-electron chi connectivity index (χ4n) is 2.84. The van der Waals surface area contributed by atoms with E-state index in [1.165, 1.54) is 16.0 Å². The molecule has 0 saturated carbocycles. The molecule has 1 fully saturated rings. The lowest BCUT2D eigenvalue weighted by Gasteiger charge is -2.37. The Labute approximate surface area is 142 Å². The number of rotatable bonds is 5. The molecule has 0 aromatic heterocycles. The van der Waals surface area contributed by atoms with Gasteiger partial charge in [0.25, 0.3) is 0 Å². The van der Waals surface area contributed by atoms with Crippen molar-refractivity contribution in [1.82, 2.24) is 4.90 Å². The van der Waals surface area contributed by atoms with E-state index in [2.05, 4.69) is 32.0 Å². The Hall–Kier alpha value is -1.49. The van der Waals surface area contributed by atoms with Crippen molar-refractivity contribution in [3.63, 3.8) is 0 Å². The Morgan fingerprint density at radius 1 is 1.30 bits per heavy atom. The lowest BCUT2D eigenvalue weighted by atomic mass is 9.82. The highest BCUT2D eigenvalue weighted by Crippen LogP contribution is 2.30. The Bertz CT molecular complexity index is 602. The van der Waals surface area contributed by atoms with Crippen LogP contribution in [0.15, 0.2) is 23.1 Å². The van der Waals surface area contributed by atoms with Gasteiger partial charge in [0.1, 0.15) is 0 Å². The van der Waals surface area contributed by atoms with Crippen LogP contribution in [-0.2, 0) is 9.59 Å². The van der Waals surface area contributed by atoms with Crippen LogP contribution in [0.25, 0.3) is 0 Å². The van der Waals surface area contributed by atoms with E-state index in [0.29, 0.717) is 25.9 Å². The first-order valence-corrected chi connectivity index (χ1v) is 9.02. The third kappa shape index (κ3) is 4.50. The van der Waals surface area contributed by atoms with Gasteiger partial charge in [-0.2, -0.15) is 0 Å². The van der Waals surface area contributed by atoms with Gasteiger partial charge in [0.05, 0.1) is 5.41 Å². The zero-order valence-electron chi connectivity index (χ0n) is 14.1. The molecule has 23 heavy (non-hydrogen) atoms. The van der Waals surface area contributed by atoms with Crippen LogP contribution in [0.1, 0.15) is 37.3 Å². The number of hydrogen-bond donors (Lipinski definition) is 1. The summed E-state index contributed by atoms with van der Waals surface area (Å²) < 4.78 is 0. The summed E-state index contributed by atoms with van der Waals surface area (Å²) in [5.74, 6) is -0.0188. The van der Waals surface area contributed by atoms with Crippen molar-refractivity contribution in [3.05, 3.63) is 29.3 Å². The average molecular weight is 335 g/mol. The Balaban J connectivity index is 1.84. The van der Waals surface area contributed by atoms with Crippen molar-refractivity contribution in [3.8, 4) is 0 Å². The number of carboxylic acids is 1. The number of carbonyl (C=O) groups is 2. The summed E-state index contributed by atoms with van der Waals surface area (Å²) in [4.78, 5) is 26.6. The fraction of sp³-hybridized carbons (Fsp3) is 0.556. The number of aryl methyl sites for hydroxylation is 2. The van der Waals surface area contributed by atoms with Gasteiger partial charge in [-0.15, -0.1) is 11.8 Å². The maximum absolute atomic E-state index is 12.3. The highest BCUT2D eigenvalue weighted by molar-refractivity contribution is 7.99. The number of amides is 1. The molecule has 1 amide bonds. The lowest BCUT2D eigenvalue weighted by Crippen LogP contribution is -2.48. The van der Waals surface area contributed by atoms with E-state index in [4.69, 9.17) is 0 Å². The maximum Gasteiger partial charge on any atom is 0.311 e. The molecule has 1 aromatic rings. The Morgan fingerprint density at radius 2 is 2.04 bits per heavy atom. The molecule has 1 unspecified atom stereocenters. The van der Waals surface area contributed by atoms with Crippen molar-refractivity contribution in [2.24, 2.45) is 5.41 Å². The molecule has 1 N–H and O–H groups in total. The van der Waals surface area contributed by atoms with E-state index in [1.807, 2.05) is 0 Å². The number of benzene rings is 1. The van der Waals surface area contributed by atoms with Crippen molar-refractivity contribution in [2.75, 3.05) is 18.8 Å². The fourth-order valence-corrected chi connectivity index (χ4v) is 3.78. The quantitative estimate of drug-likeness (QED) is 0.837. The molecule has 0 radical (unpaired) electrons. The van der Waals surface area contributed by atoms with E-state index >= 15 is 0 Å². The zero-order chi connectivity index (χ0) is 17.0. The molecule has 0 aliphatic carbocycles. The van der Waals surface area contributed by atoms with Crippen LogP contribution in [0.4, 0.5) is 0 Å². The molecule has 2 rings (SSSR count). The highest BCUT2D eigenvalue weighted by atomic mass is 32.2. The minimum absolute atomic E-state index is 0.0634. The number of piperidine rings is 1. The molecule has 1 aliphatic rings. The smallest absolute Gasteiger partial charge is 0.311 e. The van der Waals surface area contributed by atoms with Gasteiger partial charge in [-0.05, 0) is 56.9 Å². The van der Waals surface area contributed by atoms with Crippen LogP contribution in [0.5, 0.6) is 0 Å². The Kier molecular flexibility index (Phi) is 5.74. The van der Waals surface area contributed by atoms with E-state index < -0.39 is 11.4 Å². The normalized spacial score (nSPS) is 21.3. The number of hydrogen-bond acceptors (Lipinski definition) is 3. The summed E-state index contributed by atoms with van der Waals surface area (Å²) in [6.07, 6.45) is 1.86. The minimum Gasteiger partial charge on any atom is -0.481 e. The minimum atomic E-state index is -0.806. The zero-order valence-corrected chi connectivity index (χ0v) is 14.9. The number of thioether (sulfide) groups is 1. The summed E-state index contributed by atoms with van der Waals surface area (Å²) in [6.45, 7) is 6.91. The summed E-state index contributed by atoms with van der Waals surface area (Å²) >= 11 is 1.68. The number of carbonyl (C=O) groups excluding carboxylic acids is 1. The molecule has 0 spiro atoms. The van der Waals surface area contributed by atoms with Crippen LogP contribution in [-0.4, -0.2) is 40.7 Å². The van der Waals surface area contributed by atoms with E-state index in [1.54, 1.807) is 23.6 Å². The standard InChI is InChI=1S/C18H25NO3S/c1-13-5-6-15(11-14(13)2)23-10-7-16(20)19-9-4-8-18(3,12-19)17(21)22/h5-6,11H,4,7-10,12H2,1-3H3,(H,21,22). The van der Waals surface area contributed by atoms with Crippen molar-refractivity contribution >= 4 is 23.6 Å². The van der Waals surface area contributed by atoms with Gasteiger partial charge in [-0.25, -0.2) is 0 Å². The molecular weight excluding hydrogens is 310 g/mol. The first-order valence-electron chi connectivity index (χ1n) is 8.03. The predicted octanol–water partition coefficient (Wildman–Crippen LogP) is 3.50. The van der Waals surface area contributed by atoms with E-state index in [9.17, 15) is 14.7 Å². The highest BCUT2D eigenvalue weighted by Gasteiger charge is 2.39. The number of aliphatic carboxylic acids is 1. The topological polar surface area (TPSA) is 57.6 Å². The number of nitrogens with zero attached hydrogens (tertiary/aromatic N) is 1. The summed E-state index contributed by atoms with van der Waals surface area (Å²) in [5.41, 5.74) is 1.73. The molecule has 5 heteroatoms. The predicted molar refractivity (Wildman–Crippen MR) is 92.8 cm³/mol. The SMILES string of the molecule is Cc1ccc(SCCC(=O)N2CCCC(C)(C(=O)O)C2)cc1C. The molecule has 1 saturated heterocycles. The second kappa shape index (κ2) is 7.39. The van der Waals surface area contributed by atoms with Crippen molar-refractivity contribution < 1.29 is 14.7 Å². The first-order chi connectivity index (χ1) is 10.8. The van der Waals surface area contributed by atoms with E-state index in [-0.39, 0.29) is 5.91 Å². The number of likely N-dealkylation sites (tertiary alicyclic amines) is 1. The second-order valence-electron chi connectivity index (χ2n) is 6.63. The van der Waals surface area contributed by atoms with Crippen molar-refractivity contribution in [2.45, 2.75) is 44.9 Å². The van der Waals surface area contributed by atoms with Crippen LogP contribution in [0.3, 0.4) is 0 Å². The summed E-state index contributed by atoms with van der Waals surface area (Å²) in [5, 5.41) is 9.33. The molecule has 1 aromatic carbocycles. The second-order valence-corrected chi connectivity index (χ2v) is 7.80. The molecule has 1 atom stereocenters. The third-order valence-corrected chi connectivity index (χ3v) is 5.62. The van der Waals surface area contributed by atoms with Gasteiger partial charge in [-0.3, -0.25) is 9.59 Å². The maximum atomic E-state index is 12.3. The molecule has 4 nitrogen and oxygen atoms in total. The lowest BCUT2D eigenvalue weighted by molar-refractivity contribution is -0.153. The molecule has 1 heterocycles. The van der Waals surface area contributed by atoms with Crippen LogP contribution in [0, 0.1) is 19.3 Å². The largest absolute Gasteiger partial charge is 0.481 e. The molecular formula is C18H25NO3S. The number of carboxylic acid groups (broad SMARTS) is 1. The Morgan fingerprint density at radius 3 is 2.70 bits per heavy atom. The van der Waals surface area contributed by atoms with Gasteiger partial charge in [-0.1, -0.05) is 6.07 Å². The first kappa shape index (κ1) is 17.9. The summed E-state index contributed by atoms with van der Waals surface area (Å²) in [6, 6.07) is 6.33. The average Bonchev–Trinajstić information content (AvgIpc) is 2.50. The van der Waals surface area contributed by atoms with Crippen LogP contribution < -0.4 is 0 Å². The van der Waals surface area contributed by atoms with Crippen LogP contribution in [0.2, 0.25) is 0 Å².